The van der Waals surface area contributed by atoms with Crippen LogP contribution in [0.5, 0.6) is 0 Å². The number of esters is 1. The lowest BCUT2D eigenvalue weighted by atomic mass is 9.92. The molecule has 1 unspecified atom stereocenters. The molecule has 0 saturated heterocycles. The number of carbonyl (C=O) groups is 2. The van der Waals surface area contributed by atoms with Crippen LogP contribution in [-0.4, -0.2) is 46.7 Å². The number of rotatable bonds is 6. The Labute approximate surface area is 255 Å². The van der Waals surface area contributed by atoms with E-state index in [0.717, 1.165) is 19.2 Å². The fourth-order valence-electron chi connectivity index (χ4n) is 5.80. The Kier molecular flexibility index (Phi) is 7.49. The van der Waals surface area contributed by atoms with Gasteiger partial charge < -0.3 is 14.4 Å². The second-order valence-electron chi connectivity index (χ2n) is 10.5. The molecule has 3 atom stereocenters. The van der Waals surface area contributed by atoms with E-state index in [1.54, 1.807) is 78.9 Å². The van der Waals surface area contributed by atoms with Gasteiger partial charge in [-0.15, -0.1) is 0 Å². The molecule has 5 aromatic rings. The first-order valence-electron chi connectivity index (χ1n) is 13.9. The maximum atomic E-state index is 14.9. The molecule has 6 rings (SSSR count). The highest BCUT2D eigenvalue weighted by atomic mass is 19.4. The molecule has 2 heterocycles. The topological polar surface area (TPSA) is 90.7 Å². The molecular formula is C34H26F3N3O5. The number of benzene rings is 4. The Morgan fingerprint density at radius 3 is 2.11 bits per heavy atom. The lowest BCUT2D eigenvalue weighted by molar-refractivity contribution is -0.279. The fourth-order valence-corrected chi connectivity index (χ4v) is 5.80. The van der Waals surface area contributed by atoms with Crippen LogP contribution in [0, 0.1) is 0 Å². The monoisotopic (exact) mass is 613 g/mol. The molecule has 1 aliphatic rings. The molecule has 45 heavy (non-hydrogen) atoms. The summed E-state index contributed by atoms with van der Waals surface area (Å²) < 4.78 is 56.8. The third kappa shape index (κ3) is 4.76. The molecule has 1 amide bonds. The number of carbonyl (C=O) groups excluding carboxylic acids is 2. The molecule has 0 saturated carbocycles. The van der Waals surface area contributed by atoms with Gasteiger partial charge in [0.2, 0.25) is 0 Å². The summed E-state index contributed by atoms with van der Waals surface area (Å²) in [5.74, 6) is -2.32. The van der Waals surface area contributed by atoms with E-state index in [4.69, 9.17) is 14.5 Å². The zero-order chi connectivity index (χ0) is 31.9. The van der Waals surface area contributed by atoms with Gasteiger partial charge in [-0.2, -0.15) is 13.2 Å². The van der Waals surface area contributed by atoms with Gasteiger partial charge in [0.25, 0.3) is 17.1 Å². The number of alkyl halides is 3. The van der Waals surface area contributed by atoms with Crippen LogP contribution in [-0.2, 0) is 19.9 Å². The van der Waals surface area contributed by atoms with Crippen LogP contribution in [0.2, 0.25) is 0 Å². The molecule has 1 aliphatic heterocycles. The maximum absolute atomic E-state index is 14.9. The van der Waals surface area contributed by atoms with Gasteiger partial charge in [0.05, 0.1) is 22.2 Å². The van der Waals surface area contributed by atoms with Crippen molar-refractivity contribution in [2.45, 2.75) is 23.9 Å². The van der Waals surface area contributed by atoms with E-state index in [1.165, 1.54) is 34.7 Å². The van der Waals surface area contributed by atoms with E-state index >= 15 is 0 Å². The smallest absolute Gasteiger partial charge is 0.432 e. The molecule has 0 aliphatic carbocycles. The number of ether oxygens (including phenoxy) is 2. The van der Waals surface area contributed by atoms with E-state index in [1.807, 2.05) is 0 Å². The lowest BCUT2D eigenvalue weighted by Gasteiger charge is -2.37. The summed E-state index contributed by atoms with van der Waals surface area (Å²) in [5, 5.41) is 0.264. The normalized spacial score (nSPS) is 16.7. The van der Waals surface area contributed by atoms with Crippen molar-refractivity contribution in [3.05, 3.63) is 142 Å². The standard InChI is InChI=1S/C34H26F3N3O5/c1-39-27(29-38-25-19-11-9-17-23(25)31(42)40(29)26-20-12-10-18-24(26)30(39)41)28(21-13-5-3-6-14-21)45-32(43)33(44-2,34(35,36)37)22-15-7-4-8-16-22/h3-20,27-28H,1-2H3/t27?,28-,33+/m1/s1. The summed E-state index contributed by atoms with van der Waals surface area (Å²) >= 11 is 0. The number of nitrogens with zero attached hydrogens (tertiary/aromatic N) is 3. The van der Waals surface area contributed by atoms with Crippen molar-refractivity contribution >= 4 is 22.8 Å². The molecule has 8 nitrogen and oxygen atoms in total. The van der Waals surface area contributed by atoms with Gasteiger partial charge in [0.1, 0.15) is 11.9 Å². The Hall–Kier alpha value is -5.29. The second kappa shape index (κ2) is 11.3. The third-order valence-electron chi connectivity index (χ3n) is 8.00. The van der Waals surface area contributed by atoms with Crippen LogP contribution >= 0.6 is 0 Å². The molecule has 0 spiro atoms. The van der Waals surface area contributed by atoms with Crippen molar-refractivity contribution in [2.24, 2.45) is 0 Å². The summed E-state index contributed by atoms with van der Waals surface area (Å²) in [7, 11) is 2.20. The molecule has 4 aromatic carbocycles. The maximum Gasteiger partial charge on any atom is 0.432 e. The van der Waals surface area contributed by atoms with Crippen molar-refractivity contribution < 1.29 is 32.2 Å². The van der Waals surface area contributed by atoms with Crippen molar-refractivity contribution in [3.63, 3.8) is 0 Å². The summed E-state index contributed by atoms with van der Waals surface area (Å²) in [6.07, 6.45) is -6.81. The number of aromatic nitrogens is 2. The van der Waals surface area contributed by atoms with Gasteiger partial charge in [-0.25, -0.2) is 9.78 Å². The minimum absolute atomic E-state index is 0.00381. The van der Waals surface area contributed by atoms with Gasteiger partial charge in [0, 0.05) is 19.7 Å². The van der Waals surface area contributed by atoms with Crippen molar-refractivity contribution in [3.8, 4) is 5.69 Å². The highest BCUT2D eigenvalue weighted by Gasteiger charge is 2.64. The highest BCUT2D eigenvalue weighted by Crippen LogP contribution is 2.46. The predicted octanol–water partition coefficient (Wildman–Crippen LogP) is 5.90. The molecule has 11 heteroatoms. The molecule has 228 valence electrons. The first-order valence-corrected chi connectivity index (χ1v) is 13.9. The number of hydrogen-bond acceptors (Lipinski definition) is 6. The zero-order valence-electron chi connectivity index (χ0n) is 24.1. The summed E-state index contributed by atoms with van der Waals surface area (Å²) in [4.78, 5) is 48.1. The van der Waals surface area contributed by atoms with Crippen LogP contribution in [0.4, 0.5) is 13.2 Å². The first kappa shape index (κ1) is 29.8. The minimum atomic E-state index is -5.24. The number of para-hydroxylation sites is 2. The average molecular weight is 614 g/mol. The van der Waals surface area contributed by atoms with Gasteiger partial charge >= 0.3 is 12.1 Å². The van der Waals surface area contributed by atoms with Gasteiger partial charge in [-0.05, 0) is 29.8 Å². The fraction of sp³-hybridized carbons (Fsp3) is 0.176. The number of methoxy groups -OCH3 is 1. The number of amides is 1. The van der Waals surface area contributed by atoms with Gasteiger partial charge in [0.15, 0.2) is 6.10 Å². The molecular weight excluding hydrogens is 587 g/mol. The molecule has 1 aromatic heterocycles. The van der Waals surface area contributed by atoms with E-state index in [2.05, 4.69) is 0 Å². The predicted molar refractivity (Wildman–Crippen MR) is 159 cm³/mol. The van der Waals surface area contributed by atoms with Crippen LogP contribution in [0.3, 0.4) is 0 Å². The molecule has 0 bridgehead atoms. The van der Waals surface area contributed by atoms with Gasteiger partial charge in [-0.1, -0.05) is 84.9 Å². The highest BCUT2D eigenvalue weighted by molar-refractivity contribution is 5.99. The summed E-state index contributed by atoms with van der Waals surface area (Å²) in [5.41, 5.74) is -3.55. The van der Waals surface area contributed by atoms with Crippen LogP contribution in [0.25, 0.3) is 16.6 Å². The first-order chi connectivity index (χ1) is 21.6. The van der Waals surface area contributed by atoms with Crippen molar-refractivity contribution in [2.75, 3.05) is 14.2 Å². The summed E-state index contributed by atoms with van der Waals surface area (Å²) in [6.45, 7) is 0. The quantitative estimate of drug-likeness (QED) is 0.222. The molecule has 0 N–H and O–H groups in total. The zero-order valence-corrected chi connectivity index (χ0v) is 24.1. The van der Waals surface area contributed by atoms with E-state index in [0.29, 0.717) is 5.52 Å². The number of fused-ring (bicyclic) bond motifs is 4. The SMILES string of the molecule is CO[C@](C(=O)O[C@H](c1ccccc1)C1c2nc3ccccc3c(=O)n2-c2ccccc2C(=O)N1C)(c1ccccc1)C(F)(F)F. The Morgan fingerprint density at radius 2 is 1.44 bits per heavy atom. The van der Waals surface area contributed by atoms with Crippen molar-refractivity contribution in [1.29, 1.82) is 0 Å². The van der Waals surface area contributed by atoms with Crippen LogP contribution in [0.1, 0.15) is 39.5 Å². The lowest BCUT2D eigenvalue weighted by Crippen LogP contribution is -2.52. The minimum Gasteiger partial charge on any atom is -0.452 e. The Bertz CT molecular complexity index is 1960. The third-order valence-corrected chi connectivity index (χ3v) is 8.00. The molecule has 0 fully saturated rings. The average Bonchev–Trinajstić information content (AvgIpc) is 3.13. The molecule has 0 radical (unpaired) electrons. The van der Waals surface area contributed by atoms with E-state index < -0.39 is 46.9 Å². The van der Waals surface area contributed by atoms with Crippen LogP contribution < -0.4 is 5.56 Å². The van der Waals surface area contributed by atoms with Crippen LogP contribution in [0.15, 0.2) is 114 Å². The number of halogens is 3. The van der Waals surface area contributed by atoms with Crippen molar-refractivity contribution in [1.82, 2.24) is 14.5 Å². The summed E-state index contributed by atoms with van der Waals surface area (Å²) in [6, 6.07) is 26.1. The number of likely N-dealkylation sites (N-methyl/N-ethyl adjacent to an activating group) is 1. The number of hydrogen-bond donors (Lipinski definition) is 0. The Balaban J connectivity index is 1.62. The van der Waals surface area contributed by atoms with E-state index in [9.17, 15) is 27.6 Å². The largest absolute Gasteiger partial charge is 0.452 e. The second-order valence-corrected chi connectivity index (χ2v) is 10.5. The Morgan fingerprint density at radius 1 is 0.844 bits per heavy atom. The van der Waals surface area contributed by atoms with Gasteiger partial charge in [-0.3, -0.25) is 14.2 Å². The van der Waals surface area contributed by atoms with E-state index in [-0.39, 0.29) is 28.0 Å².